The predicted octanol–water partition coefficient (Wildman–Crippen LogP) is 3.90. The van der Waals surface area contributed by atoms with Gasteiger partial charge in [-0.15, -0.1) is 5.10 Å². The Kier molecular flexibility index (Phi) is 7.82. The molecule has 0 atom stereocenters. The number of carbonyl (C=O) groups excluding carboxylic acids is 1. The van der Waals surface area contributed by atoms with Gasteiger partial charge in [0.25, 0.3) is 11.7 Å². The Hall–Kier alpha value is -4.51. The van der Waals surface area contributed by atoms with Gasteiger partial charge in [-0.2, -0.15) is 23.5 Å². The van der Waals surface area contributed by atoms with E-state index in [2.05, 4.69) is 42.3 Å². The van der Waals surface area contributed by atoms with Crippen molar-refractivity contribution in [1.29, 1.82) is 5.26 Å². The fourth-order valence-electron chi connectivity index (χ4n) is 3.85. The lowest BCUT2D eigenvalue weighted by Crippen LogP contribution is -2.31. The van der Waals surface area contributed by atoms with Crippen molar-refractivity contribution in [2.45, 2.75) is 46.1 Å². The zero-order valence-electron chi connectivity index (χ0n) is 21.0. The zero-order chi connectivity index (χ0) is 28.3. The SMILES string of the molecule is Cc1cc(C#N)cc(C(=O)NC(C)C)c1NCc1cc(Cn2nnnc2C(F)(F)F)nn1-c1ncccc1Cl. The molecule has 4 aromatic rings. The molecule has 0 saturated carbocycles. The van der Waals surface area contributed by atoms with E-state index >= 15 is 0 Å². The third kappa shape index (κ3) is 6.15. The van der Waals surface area contributed by atoms with Crippen LogP contribution in [-0.4, -0.2) is 46.9 Å². The highest BCUT2D eigenvalue weighted by Gasteiger charge is 2.38. The Balaban J connectivity index is 1.72. The fourth-order valence-corrected chi connectivity index (χ4v) is 4.05. The van der Waals surface area contributed by atoms with E-state index in [0.717, 1.165) is 0 Å². The molecule has 0 aliphatic heterocycles. The van der Waals surface area contributed by atoms with Crippen LogP contribution in [0.3, 0.4) is 0 Å². The smallest absolute Gasteiger partial charge is 0.379 e. The standard InChI is InChI=1S/C24H22ClF3N10O/c1-13(2)32-22(39)18-8-15(10-29)7-14(3)20(18)31-11-17-9-16(12-37-23(24(26,27)28)33-35-36-37)34-38(17)21-19(25)5-4-6-30-21/h4-9,13,31H,11-12H2,1-3H3,(H,32,39). The van der Waals surface area contributed by atoms with Gasteiger partial charge in [0.1, 0.15) is 0 Å². The summed E-state index contributed by atoms with van der Waals surface area (Å²) in [6, 6.07) is 9.83. The van der Waals surface area contributed by atoms with Crippen molar-refractivity contribution >= 4 is 23.2 Å². The molecule has 202 valence electrons. The number of aromatic nitrogens is 7. The number of tetrazole rings is 1. The van der Waals surface area contributed by atoms with Crippen LogP contribution < -0.4 is 10.6 Å². The number of halogens is 4. The first-order valence-corrected chi connectivity index (χ1v) is 12.0. The lowest BCUT2D eigenvalue weighted by Gasteiger charge is -2.17. The van der Waals surface area contributed by atoms with Gasteiger partial charge in [0.15, 0.2) is 5.82 Å². The molecule has 0 radical (unpaired) electrons. The number of alkyl halides is 3. The van der Waals surface area contributed by atoms with E-state index < -0.39 is 12.0 Å². The highest BCUT2D eigenvalue weighted by Crippen LogP contribution is 2.28. The van der Waals surface area contributed by atoms with Crippen molar-refractivity contribution in [3.8, 4) is 11.9 Å². The summed E-state index contributed by atoms with van der Waals surface area (Å²) < 4.78 is 41.9. The topological polar surface area (TPSA) is 139 Å². The summed E-state index contributed by atoms with van der Waals surface area (Å²) in [5.41, 5.74) is 2.40. The molecule has 0 unspecified atom stereocenters. The summed E-state index contributed by atoms with van der Waals surface area (Å²) in [5, 5.41) is 29.8. The lowest BCUT2D eigenvalue weighted by atomic mass is 10.0. The molecule has 0 bridgehead atoms. The third-order valence-corrected chi connectivity index (χ3v) is 5.74. The van der Waals surface area contributed by atoms with Crippen molar-refractivity contribution in [2.24, 2.45) is 0 Å². The number of nitrogens with one attached hydrogen (secondary N) is 2. The number of nitrogens with zero attached hydrogens (tertiary/aromatic N) is 8. The first-order valence-electron chi connectivity index (χ1n) is 11.6. The lowest BCUT2D eigenvalue weighted by molar-refractivity contribution is -0.147. The number of benzene rings is 1. The van der Waals surface area contributed by atoms with Crippen LogP contribution in [0.25, 0.3) is 5.82 Å². The molecule has 0 fully saturated rings. The van der Waals surface area contributed by atoms with Crippen molar-refractivity contribution in [1.82, 2.24) is 40.3 Å². The number of aryl methyl sites for hydroxylation is 1. The molecule has 1 amide bonds. The quantitative estimate of drug-likeness (QED) is 0.332. The summed E-state index contributed by atoms with van der Waals surface area (Å²) in [6.45, 7) is 5.10. The van der Waals surface area contributed by atoms with E-state index in [4.69, 9.17) is 11.6 Å². The van der Waals surface area contributed by atoms with Gasteiger partial charge in [-0.3, -0.25) is 4.79 Å². The average molecular weight is 559 g/mol. The highest BCUT2D eigenvalue weighted by atomic mass is 35.5. The second-order valence-electron chi connectivity index (χ2n) is 8.81. The predicted molar refractivity (Wildman–Crippen MR) is 134 cm³/mol. The van der Waals surface area contributed by atoms with Crippen LogP contribution in [-0.2, 0) is 19.3 Å². The Labute approximate surface area is 225 Å². The van der Waals surface area contributed by atoms with Gasteiger partial charge in [0, 0.05) is 12.2 Å². The maximum absolute atomic E-state index is 13.3. The summed E-state index contributed by atoms with van der Waals surface area (Å²) >= 11 is 6.35. The summed E-state index contributed by atoms with van der Waals surface area (Å²) in [4.78, 5) is 17.2. The van der Waals surface area contributed by atoms with Gasteiger partial charge >= 0.3 is 6.18 Å². The number of carbonyl (C=O) groups is 1. The molecular formula is C24H22ClF3N10O. The van der Waals surface area contributed by atoms with Crippen molar-refractivity contribution in [2.75, 3.05) is 5.32 Å². The van der Waals surface area contributed by atoms with Crippen molar-refractivity contribution in [3.05, 3.63) is 75.5 Å². The van der Waals surface area contributed by atoms with Gasteiger partial charge in [0.05, 0.1) is 52.4 Å². The van der Waals surface area contributed by atoms with Gasteiger partial charge in [0.2, 0.25) is 0 Å². The van der Waals surface area contributed by atoms with Crippen LogP contribution >= 0.6 is 11.6 Å². The minimum absolute atomic E-state index is 0.0797. The minimum atomic E-state index is -4.75. The number of hydrogen-bond donors (Lipinski definition) is 2. The molecule has 0 spiro atoms. The summed E-state index contributed by atoms with van der Waals surface area (Å²) in [5.74, 6) is -1.38. The second kappa shape index (κ2) is 11.1. The molecule has 39 heavy (non-hydrogen) atoms. The molecule has 2 N–H and O–H groups in total. The van der Waals surface area contributed by atoms with E-state index in [-0.39, 0.29) is 47.1 Å². The van der Waals surface area contributed by atoms with Crippen LogP contribution in [0.5, 0.6) is 0 Å². The Morgan fingerprint density at radius 1 is 1.26 bits per heavy atom. The molecule has 11 nitrogen and oxygen atoms in total. The zero-order valence-corrected chi connectivity index (χ0v) is 21.7. The number of hydrogen-bond acceptors (Lipinski definition) is 8. The van der Waals surface area contributed by atoms with E-state index in [0.29, 0.717) is 27.2 Å². The van der Waals surface area contributed by atoms with Gasteiger partial charge in [-0.05, 0) is 67.1 Å². The number of amides is 1. The van der Waals surface area contributed by atoms with Crippen LogP contribution in [0.15, 0.2) is 36.5 Å². The van der Waals surface area contributed by atoms with Gasteiger partial charge < -0.3 is 10.6 Å². The molecule has 1 aromatic carbocycles. The fraction of sp³-hybridized carbons (Fsp3) is 0.292. The summed E-state index contributed by atoms with van der Waals surface area (Å²) in [6.07, 6.45) is -3.25. The average Bonchev–Trinajstić information content (AvgIpc) is 3.50. The molecule has 0 aliphatic rings. The van der Waals surface area contributed by atoms with E-state index in [1.807, 2.05) is 13.8 Å². The molecule has 4 rings (SSSR count). The van der Waals surface area contributed by atoms with Crippen LogP contribution in [0.1, 0.15) is 52.5 Å². The van der Waals surface area contributed by atoms with E-state index in [1.54, 1.807) is 31.2 Å². The molecule has 0 saturated heterocycles. The molecule has 3 aromatic heterocycles. The first-order chi connectivity index (χ1) is 18.5. The maximum atomic E-state index is 13.3. The Morgan fingerprint density at radius 2 is 2.03 bits per heavy atom. The molecule has 15 heteroatoms. The van der Waals surface area contributed by atoms with E-state index in [9.17, 15) is 23.2 Å². The van der Waals surface area contributed by atoms with Crippen molar-refractivity contribution in [3.63, 3.8) is 0 Å². The number of rotatable bonds is 8. The molecular weight excluding hydrogens is 537 g/mol. The normalized spacial score (nSPS) is 11.5. The van der Waals surface area contributed by atoms with Gasteiger partial charge in [-0.1, -0.05) is 11.6 Å². The van der Waals surface area contributed by atoms with Crippen LogP contribution in [0.4, 0.5) is 18.9 Å². The number of anilines is 1. The monoisotopic (exact) mass is 558 g/mol. The number of pyridine rings is 1. The summed E-state index contributed by atoms with van der Waals surface area (Å²) in [7, 11) is 0. The Bertz CT molecular complexity index is 1550. The van der Waals surface area contributed by atoms with Crippen molar-refractivity contribution < 1.29 is 18.0 Å². The second-order valence-corrected chi connectivity index (χ2v) is 9.22. The Morgan fingerprint density at radius 3 is 2.69 bits per heavy atom. The van der Waals surface area contributed by atoms with Crippen LogP contribution in [0, 0.1) is 18.3 Å². The third-order valence-electron chi connectivity index (χ3n) is 5.45. The van der Waals surface area contributed by atoms with E-state index in [1.165, 1.54) is 16.9 Å². The minimum Gasteiger partial charge on any atom is -0.379 e. The molecule has 0 aliphatic carbocycles. The van der Waals surface area contributed by atoms with Crippen LogP contribution in [0.2, 0.25) is 5.02 Å². The largest absolute Gasteiger partial charge is 0.453 e. The first kappa shape index (κ1) is 27.5. The number of nitriles is 1. The molecule has 3 heterocycles. The maximum Gasteiger partial charge on any atom is 0.453 e. The highest BCUT2D eigenvalue weighted by molar-refractivity contribution is 6.32. The van der Waals surface area contributed by atoms with Gasteiger partial charge in [-0.25, -0.2) is 14.3 Å².